The van der Waals surface area contributed by atoms with Crippen molar-refractivity contribution in [3.63, 3.8) is 0 Å². The third-order valence-electron chi connectivity index (χ3n) is 4.65. The predicted octanol–water partition coefficient (Wildman–Crippen LogP) is 3.73. The Hall–Kier alpha value is -1.09. The maximum absolute atomic E-state index is 11.3. The second-order valence-electron chi connectivity index (χ2n) is 6.27. The van der Waals surface area contributed by atoms with Gasteiger partial charge in [0, 0.05) is 13.0 Å². The van der Waals surface area contributed by atoms with Crippen molar-refractivity contribution in [3.8, 4) is 0 Å². The van der Waals surface area contributed by atoms with E-state index in [4.69, 9.17) is 4.74 Å². The summed E-state index contributed by atoms with van der Waals surface area (Å²) in [6.07, 6.45) is 10.4. The average Bonchev–Trinajstić information content (AvgIpc) is 2.73. The van der Waals surface area contributed by atoms with E-state index in [-0.39, 0.29) is 5.97 Å². The average molecular weight is 294 g/mol. The lowest BCUT2D eigenvalue weighted by atomic mass is 9.86. The molecule has 1 saturated carbocycles. The number of allylic oxidation sites excluding steroid dienone is 2. The van der Waals surface area contributed by atoms with Gasteiger partial charge < -0.3 is 9.84 Å². The van der Waals surface area contributed by atoms with Crippen LogP contribution >= 0.6 is 0 Å². The molecule has 1 aliphatic carbocycles. The van der Waals surface area contributed by atoms with Crippen molar-refractivity contribution in [1.29, 1.82) is 0 Å². The summed E-state index contributed by atoms with van der Waals surface area (Å²) in [6, 6.07) is 0. The number of ether oxygens (including phenoxy) is 1. The number of unbranched alkanes of at least 4 members (excludes halogenated alkanes) is 1. The Morgan fingerprint density at radius 3 is 2.67 bits per heavy atom. The van der Waals surface area contributed by atoms with Crippen molar-refractivity contribution in [2.75, 3.05) is 13.2 Å². The van der Waals surface area contributed by atoms with E-state index in [0.29, 0.717) is 43.3 Å². The molecule has 0 aromatic heterocycles. The first-order chi connectivity index (χ1) is 10.1. The quantitative estimate of drug-likeness (QED) is 0.400. The maximum Gasteiger partial charge on any atom is 0.306 e. The number of rotatable bonds is 9. The molecule has 0 aromatic carbocycles. The number of carbonyl (C=O) groups excluding carboxylic acids is 1. The van der Waals surface area contributed by atoms with Gasteiger partial charge in [-0.2, -0.15) is 0 Å². The minimum Gasteiger partial charge on any atom is -0.461 e. The highest BCUT2D eigenvalue weighted by atomic mass is 16.5. The molecule has 3 nitrogen and oxygen atoms in total. The molecule has 120 valence electrons. The van der Waals surface area contributed by atoms with E-state index < -0.39 is 0 Å². The molecule has 1 fully saturated rings. The van der Waals surface area contributed by atoms with Crippen LogP contribution in [0.15, 0.2) is 24.8 Å². The largest absolute Gasteiger partial charge is 0.461 e. The van der Waals surface area contributed by atoms with Crippen LogP contribution in [0.5, 0.6) is 0 Å². The number of aliphatic hydroxyl groups is 1. The molecule has 0 unspecified atom stereocenters. The van der Waals surface area contributed by atoms with Gasteiger partial charge in [0.15, 0.2) is 0 Å². The van der Waals surface area contributed by atoms with Crippen LogP contribution in [0, 0.1) is 23.7 Å². The van der Waals surface area contributed by atoms with Crippen molar-refractivity contribution >= 4 is 5.97 Å². The summed E-state index contributed by atoms with van der Waals surface area (Å²) in [6.45, 7) is 8.65. The smallest absolute Gasteiger partial charge is 0.306 e. The van der Waals surface area contributed by atoms with Crippen LogP contribution in [0.4, 0.5) is 0 Å². The highest BCUT2D eigenvalue weighted by Gasteiger charge is 2.37. The minimum atomic E-state index is -0.151. The summed E-state index contributed by atoms with van der Waals surface area (Å²) < 4.78 is 4.92. The lowest BCUT2D eigenvalue weighted by molar-refractivity contribution is -0.142. The molecule has 0 aliphatic heterocycles. The summed E-state index contributed by atoms with van der Waals surface area (Å²) >= 11 is 0. The van der Waals surface area contributed by atoms with E-state index in [1.54, 1.807) is 6.08 Å². The molecule has 1 rings (SSSR count). The monoisotopic (exact) mass is 294 g/mol. The van der Waals surface area contributed by atoms with Gasteiger partial charge in [0.25, 0.3) is 0 Å². The van der Waals surface area contributed by atoms with E-state index in [9.17, 15) is 9.90 Å². The molecule has 3 heteroatoms. The Labute approximate surface area is 129 Å². The SMILES string of the molecule is C=CCOC(=O)CCC/C=C\C[C@@H]1[C@@H](CO)[C@H](C)C[C@@H]1C. The molecular weight excluding hydrogens is 264 g/mol. The second kappa shape index (κ2) is 9.78. The standard InChI is InChI=1S/C18H30O3/c1-4-11-21-18(20)10-8-6-5-7-9-16-14(2)12-15(3)17(16)13-19/h4-5,7,14-17,19H,1,6,8-13H2,2-3H3/b7-5-/t14-,15+,16-,17-/m0/s1. The Bertz CT molecular complexity index is 348. The van der Waals surface area contributed by atoms with Gasteiger partial charge in [-0.15, -0.1) is 0 Å². The number of esters is 1. The van der Waals surface area contributed by atoms with Gasteiger partial charge in [0.1, 0.15) is 6.61 Å². The fourth-order valence-electron chi connectivity index (χ4n) is 3.46. The molecular formula is C18H30O3. The lowest BCUT2D eigenvalue weighted by Crippen LogP contribution is -2.19. The molecule has 0 saturated heterocycles. The Morgan fingerprint density at radius 1 is 1.29 bits per heavy atom. The normalized spacial score (nSPS) is 28.9. The van der Waals surface area contributed by atoms with E-state index in [1.807, 2.05) is 0 Å². The molecule has 0 bridgehead atoms. The van der Waals surface area contributed by atoms with Crippen LogP contribution in [0.25, 0.3) is 0 Å². The van der Waals surface area contributed by atoms with Gasteiger partial charge in [-0.05, 0) is 49.4 Å². The van der Waals surface area contributed by atoms with Crippen LogP contribution in [0.3, 0.4) is 0 Å². The van der Waals surface area contributed by atoms with Gasteiger partial charge in [-0.25, -0.2) is 0 Å². The highest BCUT2D eigenvalue weighted by Crippen LogP contribution is 2.42. The lowest BCUT2D eigenvalue weighted by Gasteiger charge is -2.21. The van der Waals surface area contributed by atoms with E-state index in [0.717, 1.165) is 19.3 Å². The summed E-state index contributed by atoms with van der Waals surface area (Å²) in [7, 11) is 0. The first kappa shape index (κ1) is 18.0. The third-order valence-corrected chi connectivity index (χ3v) is 4.65. The summed E-state index contributed by atoms with van der Waals surface area (Å²) in [5.41, 5.74) is 0. The molecule has 0 spiro atoms. The maximum atomic E-state index is 11.3. The van der Waals surface area contributed by atoms with Crippen molar-refractivity contribution in [2.24, 2.45) is 23.7 Å². The van der Waals surface area contributed by atoms with Gasteiger partial charge >= 0.3 is 5.97 Å². The van der Waals surface area contributed by atoms with Crippen LogP contribution in [0.1, 0.15) is 46.0 Å². The van der Waals surface area contributed by atoms with Gasteiger partial charge in [-0.1, -0.05) is 38.7 Å². The molecule has 0 amide bonds. The number of aliphatic hydroxyl groups excluding tert-OH is 1. The zero-order valence-electron chi connectivity index (χ0n) is 13.5. The van der Waals surface area contributed by atoms with E-state index in [2.05, 4.69) is 32.6 Å². The summed E-state index contributed by atoms with van der Waals surface area (Å²) in [5.74, 6) is 2.21. The fourth-order valence-corrected chi connectivity index (χ4v) is 3.46. The van der Waals surface area contributed by atoms with E-state index in [1.165, 1.54) is 6.42 Å². The molecule has 0 aromatic rings. The first-order valence-electron chi connectivity index (χ1n) is 8.12. The van der Waals surface area contributed by atoms with Gasteiger partial charge in [0.05, 0.1) is 0 Å². The highest BCUT2D eigenvalue weighted by molar-refractivity contribution is 5.69. The molecule has 4 atom stereocenters. The third kappa shape index (κ3) is 6.04. The molecule has 1 N–H and O–H groups in total. The Morgan fingerprint density at radius 2 is 2.00 bits per heavy atom. The first-order valence-corrected chi connectivity index (χ1v) is 8.12. The second-order valence-corrected chi connectivity index (χ2v) is 6.27. The van der Waals surface area contributed by atoms with Crippen molar-refractivity contribution in [1.82, 2.24) is 0 Å². The molecule has 0 heterocycles. The fraction of sp³-hybridized carbons (Fsp3) is 0.722. The number of hydrogen-bond donors (Lipinski definition) is 1. The van der Waals surface area contributed by atoms with Gasteiger partial charge in [0.2, 0.25) is 0 Å². The van der Waals surface area contributed by atoms with Crippen molar-refractivity contribution in [3.05, 3.63) is 24.8 Å². The molecule has 1 aliphatic rings. The number of carbonyl (C=O) groups is 1. The topological polar surface area (TPSA) is 46.5 Å². The number of hydrogen-bond acceptors (Lipinski definition) is 3. The van der Waals surface area contributed by atoms with Gasteiger partial charge in [-0.3, -0.25) is 4.79 Å². The zero-order valence-corrected chi connectivity index (χ0v) is 13.5. The van der Waals surface area contributed by atoms with Crippen LogP contribution < -0.4 is 0 Å². The van der Waals surface area contributed by atoms with Crippen molar-refractivity contribution in [2.45, 2.75) is 46.0 Å². The van der Waals surface area contributed by atoms with Crippen LogP contribution in [-0.4, -0.2) is 24.3 Å². The zero-order chi connectivity index (χ0) is 15.7. The predicted molar refractivity (Wildman–Crippen MR) is 85.8 cm³/mol. The van der Waals surface area contributed by atoms with Crippen LogP contribution in [0.2, 0.25) is 0 Å². The minimum absolute atomic E-state index is 0.151. The molecule has 0 radical (unpaired) electrons. The van der Waals surface area contributed by atoms with Crippen LogP contribution in [-0.2, 0) is 9.53 Å². The van der Waals surface area contributed by atoms with E-state index >= 15 is 0 Å². The Balaban J connectivity index is 2.19. The van der Waals surface area contributed by atoms with Crippen molar-refractivity contribution < 1.29 is 14.6 Å². The molecule has 21 heavy (non-hydrogen) atoms. The Kier molecular flexibility index (Phi) is 8.36. The summed E-state index contributed by atoms with van der Waals surface area (Å²) in [4.78, 5) is 11.3. The summed E-state index contributed by atoms with van der Waals surface area (Å²) in [5, 5.41) is 9.51.